The predicted molar refractivity (Wildman–Crippen MR) is 79.5 cm³/mol. The molecule has 2 atom stereocenters. The van der Waals surface area contributed by atoms with Crippen LogP contribution in [0.2, 0.25) is 0 Å². The van der Waals surface area contributed by atoms with Crippen LogP contribution in [0.3, 0.4) is 0 Å². The quantitative estimate of drug-likeness (QED) is 0.845. The number of halogens is 1. The van der Waals surface area contributed by atoms with Gasteiger partial charge in [0.1, 0.15) is 0 Å². The number of hydrogen-bond acceptors (Lipinski definition) is 6. The molecule has 7 nitrogen and oxygen atoms in total. The van der Waals surface area contributed by atoms with Gasteiger partial charge >= 0.3 is 0 Å². The van der Waals surface area contributed by atoms with E-state index in [4.69, 9.17) is 4.42 Å². The lowest BCUT2D eigenvalue weighted by atomic mass is 9.99. The van der Waals surface area contributed by atoms with Crippen molar-refractivity contribution in [3.8, 4) is 0 Å². The fourth-order valence-electron chi connectivity index (χ4n) is 3.04. The summed E-state index contributed by atoms with van der Waals surface area (Å²) in [5.41, 5.74) is 0. The molecule has 120 valence electrons. The summed E-state index contributed by atoms with van der Waals surface area (Å²) in [4.78, 5) is 2.19. The minimum atomic E-state index is -3.17. The number of aryl methyl sites for hydroxylation is 1. The van der Waals surface area contributed by atoms with Gasteiger partial charge in [-0.3, -0.25) is 4.90 Å². The van der Waals surface area contributed by atoms with Crippen LogP contribution in [0, 0.1) is 18.8 Å². The third-order valence-corrected chi connectivity index (χ3v) is 4.69. The molecule has 3 rings (SSSR count). The first-order valence-electron chi connectivity index (χ1n) is 6.89. The van der Waals surface area contributed by atoms with Gasteiger partial charge in [-0.25, -0.2) is 13.1 Å². The summed E-state index contributed by atoms with van der Waals surface area (Å²) in [7, 11) is -3.17. The predicted octanol–water partition coefficient (Wildman–Crippen LogP) is 0.559. The Bertz CT molecular complexity index is 587. The van der Waals surface area contributed by atoms with Gasteiger partial charge < -0.3 is 4.42 Å². The molecule has 0 aromatic carbocycles. The number of sulfonamides is 1. The van der Waals surface area contributed by atoms with E-state index in [1.165, 1.54) is 19.1 Å². The Kier molecular flexibility index (Phi) is 4.92. The number of rotatable bonds is 5. The monoisotopic (exact) mass is 336 g/mol. The Labute approximate surface area is 130 Å². The normalized spacial score (nSPS) is 26.8. The lowest BCUT2D eigenvalue weighted by molar-refractivity contribution is 0.273. The van der Waals surface area contributed by atoms with Crippen LogP contribution in [0.5, 0.6) is 0 Å². The number of aromatic nitrogens is 2. The topological polar surface area (TPSA) is 88.3 Å². The van der Waals surface area contributed by atoms with Crippen LogP contribution in [0.4, 0.5) is 0 Å². The first-order valence-corrected chi connectivity index (χ1v) is 8.78. The summed E-state index contributed by atoms with van der Waals surface area (Å²) >= 11 is 0. The highest BCUT2D eigenvalue weighted by molar-refractivity contribution is 7.88. The fraction of sp³-hybridized carbons (Fsp3) is 0.833. The van der Waals surface area contributed by atoms with E-state index in [0.29, 0.717) is 36.7 Å². The Hall–Kier alpha value is -0.700. The summed E-state index contributed by atoms with van der Waals surface area (Å²) in [5, 5.41) is 7.82. The maximum Gasteiger partial charge on any atom is 0.230 e. The summed E-state index contributed by atoms with van der Waals surface area (Å²) < 4.78 is 31.1. The number of nitrogens with zero attached hydrogens (tertiary/aromatic N) is 3. The second-order valence-electron chi connectivity index (χ2n) is 5.91. The first-order chi connectivity index (χ1) is 9.40. The molecule has 1 aromatic rings. The molecular weight excluding hydrogens is 316 g/mol. The molecule has 1 N–H and O–H groups in total. The molecule has 2 fully saturated rings. The molecule has 21 heavy (non-hydrogen) atoms. The van der Waals surface area contributed by atoms with Crippen molar-refractivity contribution >= 4 is 22.4 Å². The minimum absolute atomic E-state index is 0. The Balaban J connectivity index is 0.00000161. The van der Waals surface area contributed by atoms with Crippen molar-refractivity contribution in [2.45, 2.75) is 32.4 Å². The van der Waals surface area contributed by atoms with Crippen molar-refractivity contribution in [2.75, 3.05) is 19.3 Å². The van der Waals surface area contributed by atoms with E-state index >= 15 is 0 Å². The zero-order chi connectivity index (χ0) is 14.3. The Morgan fingerprint density at radius 1 is 1.33 bits per heavy atom. The molecule has 2 heterocycles. The van der Waals surface area contributed by atoms with E-state index in [0.717, 1.165) is 6.54 Å². The first kappa shape index (κ1) is 16.7. The fourth-order valence-corrected chi connectivity index (χ4v) is 3.84. The van der Waals surface area contributed by atoms with Gasteiger partial charge in [0.25, 0.3) is 0 Å². The van der Waals surface area contributed by atoms with Gasteiger partial charge in [0, 0.05) is 26.1 Å². The summed E-state index contributed by atoms with van der Waals surface area (Å²) in [5.74, 6) is 2.21. The van der Waals surface area contributed by atoms with E-state index < -0.39 is 10.0 Å². The van der Waals surface area contributed by atoms with Crippen molar-refractivity contribution in [1.29, 1.82) is 0 Å². The van der Waals surface area contributed by atoms with E-state index in [2.05, 4.69) is 19.8 Å². The average Bonchev–Trinajstić information content (AvgIpc) is 2.98. The molecule has 1 saturated heterocycles. The lowest BCUT2D eigenvalue weighted by Gasteiger charge is -2.17. The van der Waals surface area contributed by atoms with Gasteiger partial charge in [-0.05, 0) is 24.7 Å². The summed E-state index contributed by atoms with van der Waals surface area (Å²) in [6.07, 6.45) is 3.64. The van der Waals surface area contributed by atoms with Gasteiger partial charge in [0.05, 0.1) is 12.8 Å². The van der Waals surface area contributed by atoms with Crippen LogP contribution in [-0.2, 0) is 16.6 Å². The Morgan fingerprint density at radius 2 is 2.05 bits per heavy atom. The third kappa shape index (κ3) is 4.38. The molecule has 2 aliphatic rings. The number of likely N-dealkylation sites (tertiary alicyclic amines) is 1. The van der Waals surface area contributed by atoms with Crippen LogP contribution in [0.15, 0.2) is 4.42 Å². The second kappa shape index (κ2) is 6.20. The van der Waals surface area contributed by atoms with Crippen LogP contribution >= 0.6 is 12.4 Å². The molecule has 0 unspecified atom stereocenters. The summed E-state index contributed by atoms with van der Waals surface area (Å²) in [6.45, 7) is 3.95. The summed E-state index contributed by atoms with van der Waals surface area (Å²) in [6, 6.07) is 0.00141. The Morgan fingerprint density at radius 3 is 2.57 bits per heavy atom. The average molecular weight is 337 g/mol. The zero-order valence-electron chi connectivity index (χ0n) is 12.2. The van der Waals surface area contributed by atoms with Crippen molar-refractivity contribution in [3.05, 3.63) is 11.8 Å². The molecular formula is C12H21ClN4O3S. The highest BCUT2D eigenvalue weighted by atomic mass is 35.5. The molecule has 1 aliphatic carbocycles. The minimum Gasteiger partial charge on any atom is -0.424 e. The van der Waals surface area contributed by atoms with Crippen LogP contribution in [0.1, 0.15) is 24.6 Å². The van der Waals surface area contributed by atoms with Crippen molar-refractivity contribution in [2.24, 2.45) is 11.8 Å². The van der Waals surface area contributed by atoms with Gasteiger partial charge in [0.15, 0.2) is 0 Å². The van der Waals surface area contributed by atoms with Crippen molar-refractivity contribution in [1.82, 2.24) is 19.8 Å². The van der Waals surface area contributed by atoms with E-state index in [1.54, 1.807) is 6.92 Å². The highest BCUT2D eigenvalue weighted by Gasteiger charge is 2.43. The van der Waals surface area contributed by atoms with Crippen LogP contribution < -0.4 is 4.72 Å². The number of nitrogens with one attached hydrogen (secondary N) is 1. The van der Waals surface area contributed by atoms with Crippen molar-refractivity contribution < 1.29 is 12.8 Å². The van der Waals surface area contributed by atoms with Gasteiger partial charge in [-0.1, -0.05) is 0 Å². The van der Waals surface area contributed by atoms with Crippen LogP contribution in [0.25, 0.3) is 0 Å². The lowest BCUT2D eigenvalue weighted by Crippen LogP contribution is -2.40. The largest absolute Gasteiger partial charge is 0.424 e. The standard InChI is InChI=1S/C12H20N4O3S.ClH/c1-8-13-14-12(19-8)7-16-5-10(9-3-4-9)11(6-16)15-20(2,17)18;/h9-11,15H,3-7H2,1-2H3;1H/t10-,11+;/m1./s1. The highest BCUT2D eigenvalue weighted by Crippen LogP contribution is 2.41. The van der Waals surface area contributed by atoms with Crippen LogP contribution in [-0.4, -0.2) is 48.9 Å². The molecule has 0 bridgehead atoms. The van der Waals surface area contributed by atoms with Gasteiger partial charge in [-0.15, -0.1) is 22.6 Å². The van der Waals surface area contributed by atoms with E-state index in [1.807, 2.05) is 0 Å². The SMILES string of the molecule is Cc1nnc(CN2C[C@H](NS(C)(=O)=O)[C@@H](C3CC3)C2)o1.Cl. The molecule has 0 amide bonds. The third-order valence-electron chi connectivity index (χ3n) is 3.96. The number of hydrogen-bond donors (Lipinski definition) is 1. The molecule has 0 spiro atoms. The zero-order valence-corrected chi connectivity index (χ0v) is 13.8. The maximum absolute atomic E-state index is 11.5. The van der Waals surface area contributed by atoms with Gasteiger partial charge in [-0.2, -0.15) is 0 Å². The van der Waals surface area contributed by atoms with Gasteiger partial charge in [0.2, 0.25) is 21.8 Å². The molecule has 1 aromatic heterocycles. The van der Waals surface area contributed by atoms with Crippen molar-refractivity contribution in [3.63, 3.8) is 0 Å². The van der Waals surface area contributed by atoms with E-state index in [-0.39, 0.29) is 18.4 Å². The molecule has 0 radical (unpaired) electrons. The molecule has 9 heteroatoms. The van der Waals surface area contributed by atoms with E-state index in [9.17, 15) is 8.42 Å². The molecule has 1 aliphatic heterocycles. The maximum atomic E-state index is 11.5. The second-order valence-corrected chi connectivity index (χ2v) is 7.69. The molecule has 1 saturated carbocycles. The smallest absolute Gasteiger partial charge is 0.230 e.